The average molecular weight is 320 g/mol. The predicted octanol–water partition coefficient (Wildman–Crippen LogP) is 3.53. The monoisotopic (exact) mass is 320 g/mol. The zero-order chi connectivity index (χ0) is 17.2. The highest BCUT2D eigenvalue weighted by Gasteiger charge is 2.34. The van der Waals surface area contributed by atoms with Crippen LogP contribution in [0.25, 0.3) is 0 Å². The van der Waals surface area contributed by atoms with Gasteiger partial charge >= 0.3 is 6.09 Å². The SMILES string of the molecule is COc1cccc(N2C[C@H](C)N(C(=O)OC(C)(C)C)C[C@H]2C)c1. The van der Waals surface area contributed by atoms with Crippen LogP contribution in [-0.4, -0.2) is 48.9 Å². The van der Waals surface area contributed by atoms with Gasteiger partial charge in [0.15, 0.2) is 0 Å². The van der Waals surface area contributed by atoms with Gasteiger partial charge < -0.3 is 19.3 Å². The standard InChI is InChI=1S/C18H28N2O3/c1-13-12-20(17(21)23-18(3,4)5)14(2)11-19(13)15-8-7-9-16(10-15)22-6/h7-10,13-14H,11-12H2,1-6H3/t13-,14+/m1/s1. The van der Waals surface area contributed by atoms with Crippen molar-refractivity contribution >= 4 is 11.8 Å². The summed E-state index contributed by atoms with van der Waals surface area (Å²) in [7, 11) is 1.67. The molecule has 1 aromatic rings. The second-order valence-corrected chi connectivity index (χ2v) is 7.18. The Morgan fingerprint density at radius 3 is 2.48 bits per heavy atom. The van der Waals surface area contributed by atoms with Crippen molar-refractivity contribution in [2.45, 2.75) is 52.3 Å². The van der Waals surface area contributed by atoms with Crippen molar-refractivity contribution in [1.82, 2.24) is 4.90 Å². The lowest BCUT2D eigenvalue weighted by Gasteiger charge is -2.45. The topological polar surface area (TPSA) is 42.0 Å². The highest BCUT2D eigenvalue weighted by molar-refractivity contribution is 5.69. The number of nitrogens with zero attached hydrogens (tertiary/aromatic N) is 2. The molecule has 0 bridgehead atoms. The van der Waals surface area contributed by atoms with Gasteiger partial charge in [-0.25, -0.2) is 4.79 Å². The molecule has 0 aromatic heterocycles. The van der Waals surface area contributed by atoms with Gasteiger partial charge in [-0.2, -0.15) is 0 Å². The molecule has 5 heteroatoms. The molecule has 0 spiro atoms. The number of hydrogen-bond donors (Lipinski definition) is 0. The van der Waals surface area contributed by atoms with E-state index < -0.39 is 5.60 Å². The number of benzene rings is 1. The van der Waals surface area contributed by atoms with Gasteiger partial charge in [0.25, 0.3) is 0 Å². The van der Waals surface area contributed by atoms with E-state index in [1.54, 1.807) is 7.11 Å². The number of piperazine rings is 1. The Hall–Kier alpha value is -1.91. The molecule has 1 saturated heterocycles. The van der Waals surface area contributed by atoms with E-state index in [4.69, 9.17) is 9.47 Å². The van der Waals surface area contributed by atoms with E-state index in [-0.39, 0.29) is 18.2 Å². The van der Waals surface area contributed by atoms with Crippen LogP contribution in [0.4, 0.5) is 10.5 Å². The highest BCUT2D eigenvalue weighted by atomic mass is 16.6. The molecule has 1 aliphatic heterocycles. The van der Waals surface area contributed by atoms with Gasteiger partial charge in [-0.1, -0.05) is 6.07 Å². The minimum Gasteiger partial charge on any atom is -0.497 e. The van der Waals surface area contributed by atoms with E-state index in [2.05, 4.69) is 24.8 Å². The molecule has 1 aliphatic rings. The van der Waals surface area contributed by atoms with Crippen molar-refractivity contribution < 1.29 is 14.3 Å². The Bertz CT molecular complexity index is 553. The van der Waals surface area contributed by atoms with E-state index in [9.17, 15) is 4.79 Å². The van der Waals surface area contributed by atoms with Gasteiger partial charge in [0.1, 0.15) is 11.4 Å². The lowest BCUT2D eigenvalue weighted by Crippen LogP contribution is -2.59. The Kier molecular flexibility index (Phi) is 5.07. The van der Waals surface area contributed by atoms with Gasteiger partial charge in [0, 0.05) is 36.9 Å². The quantitative estimate of drug-likeness (QED) is 0.836. The second kappa shape index (κ2) is 6.69. The van der Waals surface area contributed by atoms with Crippen LogP contribution in [0, 0.1) is 0 Å². The normalized spacial score (nSPS) is 22.0. The molecular weight excluding hydrogens is 292 g/mol. The third-order valence-corrected chi connectivity index (χ3v) is 4.00. The average Bonchev–Trinajstić information content (AvgIpc) is 2.47. The van der Waals surface area contributed by atoms with Crippen LogP contribution in [0.3, 0.4) is 0 Å². The van der Waals surface area contributed by atoms with Crippen LogP contribution in [0.15, 0.2) is 24.3 Å². The molecule has 2 rings (SSSR count). The number of ether oxygens (including phenoxy) is 2. The number of anilines is 1. The van der Waals surface area contributed by atoms with Gasteiger partial charge in [0.05, 0.1) is 7.11 Å². The summed E-state index contributed by atoms with van der Waals surface area (Å²) < 4.78 is 10.8. The summed E-state index contributed by atoms with van der Waals surface area (Å²) in [4.78, 5) is 16.5. The second-order valence-electron chi connectivity index (χ2n) is 7.18. The fourth-order valence-electron chi connectivity index (χ4n) is 2.85. The maximum atomic E-state index is 12.4. The number of carbonyl (C=O) groups excluding carboxylic acids is 1. The first-order chi connectivity index (χ1) is 10.7. The van der Waals surface area contributed by atoms with Gasteiger partial charge in [-0.05, 0) is 46.8 Å². The molecule has 0 N–H and O–H groups in total. The van der Waals surface area contributed by atoms with Gasteiger partial charge in [0.2, 0.25) is 0 Å². The maximum Gasteiger partial charge on any atom is 0.410 e. The molecule has 0 aliphatic carbocycles. The van der Waals surface area contributed by atoms with Crippen molar-refractivity contribution in [3.63, 3.8) is 0 Å². The molecule has 1 amide bonds. The zero-order valence-corrected chi connectivity index (χ0v) is 15.0. The Balaban J connectivity index is 2.11. The van der Waals surface area contributed by atoms with Crippen LogP contribution in [-0.2, 0) is 4.74 Å². The molecule has 0 radical (unpaired) electrons. The summed E-state index contributed by atoms with van der Waals surface area (Å²) >= 11 is 0. The number of hydrogen-bond acceptors (Lipinski definition) is 4. The van der Waals surface area contributed by atoms with Crippen molar-refractivity contribution in [1.29, 1.82) is 0 Å². The van der Waals surface area contributed by atoms with Crippen LogP contribution in [0.2, 0.25) is 0 Å². The fraction of sp³-hybridized carbons (Fsp3) is 0.611. The van der Waals surface area contributed by atoms with E-state index in [1.165, 1.54) is 0 Å². The minimum absolute atomic E-state index is 0.0900. The maximum absolute atomic E-state index is 12.4. The summed E-state index contributed by atoms with van der Waals surface area (Å²) in [6.45, 7) is 11.3. The van der Waals surface area contributed by atoms with E-state index in [1.807, 2.05) is 43.9 Å². The summed E-state index contributed by atoms with van der Waals surface area (Å²) in [6, 6.07) is 8.35. The molecule has 0 saturated carbocycles. The molecule has 2 atom stereocenters. The van der Waals surface area contributed by atoms with E-state index in [0.717, 1.165) is 18.0 Å². The van der Waals surface area contributed by atoms with Crippen LogP contribution in [0.1, 0.15) is 34.6 Å². The van der Waals surface area contributed by atoms with Crippen LogP contribution in [0.5, 0.6) is 5.75 Å². The minimum atomic E-state index is -0.468. The molecular formula is C18H28N2O3. The first kappa shape index (κ1) is 17.4. The lowest BCUT2D eigenvalue weighted by molar-refractivity contribution is 0.0130. The van der Waals surface area contributed by atoms with Gasteiger partial charge in [-0.3, -0.25) is 0 Å². The number of amides is 1. The van der Waals surface area contributed by atoms with E-state index in [0.29, 0.717) is 6.54 Å². The largest absolute Gasteiger partial charge is 0.497 e. The molecule has 1 aromatic carbocycles. The molecule has 5 nitrogen and oxygen atoms in total. The number of methoxy groups -OCH3 is 1. The van der Waals surface area contributed by atoms with Crippen LogP contribution >= 0.6 is 0 Å². The molecule has 1 fully saturated rings. The third-order valence-electron chi connectivity index (χ3n) is 4.00. The van der Waals surface area contributed by atoms with E-state index >= 15 is 0 Å². The number of rotatable bonds is 2. The highest BCUT2D eigenvalue weighted by Crippen LogP contribution is 2.27. The Labute approximate surface area is 139 Å². The lowest BCUT2D eigenvalue weighted by atomic mass is 10.1. The third kappa shape index (κ3) is 4.30. The summed E-state index contributed by atoms with van der Waals surface area (Å²) in [5.41, 5.74) is 0.650. The zero-order valence-electron chi connectivity index (χ0n) is 15.0. The Morgan fingerprint density at radius 2 is 1.87 bits per heavy atom. The summed E-state index contributed by atoms with van der Waals surface area (Å²) in [5, 5.41) is 0. The summed E-state index contributed by atoms with van der Waals surface area (Å²) in [5.74, 6) is 0.844. The molecule has 128 valence electrons. The molecule has 23 heavy (non-hydrogen) atoms. The van der Waals surface area contributed by atoms with Gasteiger partial charge in [-0.15, -0.1) is 0 Å². The van der Waals surface area contributed by atoms with Crippen molar-refractivity contribution in [2.24, 2.45) is 0 Å². The molecule has 1 heterocycles. The first-order valence-corrected chi connectivity index (χ1v) is 8.11. The van der Waals surface area contributed by atoms with Crippen molar-refractivity contribution in [2.75, 3.05) is 25.1 Å². The first-order valence-electron chi connectivity index (χ1n) is 8.11. The number of carbonyl (C=O) groups is 1. The Morgan fingerprint density at radius 1 is 1.17 bits per heavy atom. The van der Waals surface area contributed by atoms with Crippen LogP contribution < -0.4 is 9.64 Å². The fourth-order valence-corrected chi connectivity index (χ4v) is 2.85. The van der Waals surface area contributed by atoms with Crippen molar-refractivity contribution in [3.8, 4) is 5.75 Å². The van der Waals surface area contributed by atoms with Crippen molar-refractivity contribution in [3.05, 3.63) is 24.3 Å². The molecule has 0 unspecified atom stereocenters. The summed E-state index contributed by atoms with van der Waals surface area (Å²) in [6.07, 6.45) is -0.234. The predicted molar refractivity (Wildman–Crippen MR) is 92.2 cm³/mol. The smallest absolute Gasteiger partial charge is 0.410 e.